The maximum Gasteiger partial charge on any atom is 0.272 e. The molecule has 130 valence electrons. The Morgan fingerprint density at radius 3 is 2.72 bits per heavy atom. The molecular formula is C17H18FN5OS. The zero-order chi connectivity index (χ0) is 18.1. The first-order valence-corrected chi connectivity index (χ1v) is 8.63. The Morgan fingerprint density at radius 2 is 2.08 bits per heavy atom. The van der Waals surface area contributed by atoms with Crippen LogP contribution in [0.4, 0.5) is 15.2 Å². The zero-order valence-corrected chi connectivity index (χ0v) is 14.7. The molecule has 0 saturated heterocycles. The monoisotopic (exact) mass is 359 g/mol. The highest BCUT2D eigenvalue weighted by Crippen LogP contribution is 2.39. The van der Waals surface area contributed by atoms with Crippen LogP contribution in [0, 0.1) is 12.7 Å². The Balaban J connectivity index is 2.21. The number of halogens is 1. The molecule has 0 aliphatic rings. The molecule has 0 saturated carbocycles. The van der Waals surface area contributed by atoms with Gasteiger partial charge in [-0.1, -0.05) is 18.3 Å². The summed E-state index contributed by atoms with van der Waals surface area (Å²) >= 11 is 1.20. The van der Waals surface area contributed by atoms with Crippen LogP contribution in [-0.4, -0.2) is 22.4 Å². The number of nitrogens with two attached hydrogens (primary N) is 2. The molecule has 1 aromatic carbocycles. The van der Waals surface area contributed by atoms with Crippen molar-refractivity contribution in [2.24, 2.45) is 0 Å². The number of hydrogen-bond acceptors (Lipinski definition) is 6. The molecule has 3 rings (SSSR count). The predicted octanol–water partition coefficient (Wildman–Crippen LogP) is 3.11. The van der Waals surface area contributed by atoms with Gasteiger partial charge < -0.3 is 16.8 Å². The number of aromatic nitrogens is 2. The molecule has 25 heavy (non-hydrogen) atoms. The molecule has 5 N–H and O–H groups in total. The lowest BCUT2D eigenvalue weighted by Gasteiger charge is -2.12. The van der Waals surface area contributed by atoms with Crippen LogP contribution in [0.2, 0.25) is 0 Å². The van der Waals surface area contributed by atoms with Crippen LogP contribution in [-0.2, 0) is 0 Å². The van der Waals surface area contributed by atoms with E-state index in [1.807, 2.05) is 6.92 Å². The summed E-state index contributed by atoms with van der Waals surface area (Å²) in [5.74, 6) is -0.756. The molecule has 0 atom stereocenters. The first-order valence-electron chi connectivity index (χ1n) is 7.82. The summed E-state index contributed by atoms with van der Waals surface area (Å²) in [6, 6.07) is 2.89. The number of rotatable bonds is 4. The van der Waals surface area contributed by atoms with E-state index in [2.05, 4.69) is 15.3 Å². The quantitative estimate of drug-likeness (QED) is 0.663. The van der Waals surface area contributed by atoms with Crippen molar-refractivity contribution in [2.45, 2.75) is 20.3 Å². The Morgan fingerprint density at radius 1 is 1.32 bits per heavy atom. The highest BCUT2D eigenvalue weighted by Gasteiger charge is 2.20. The lowest BCUT2D eigenvalue weighted by atomic mass is 10.0. The van der Waals surface area contributed by atoms with Crippen molar-refractivity contribution < 1.29 is 9.18 Å². The van der Waals surface area contributed by atoms with Crippen LogP contribution < -0.4 is 16.8 Å². The standard InChI is InChI=1S/C17H18FN5OS/c1-3-6-21-16(24)14-13(19)9-4-5-11(18)12(10(9)7-22-14)15-8(2)23-17(20)25-15/h4-5,7H,3,6,19H2,1-2H3,(H2,20,23)(H,21,24). The summed E-state index contributed by atoms with van der Waals surface area (Å²) in [6.45, 7) is 4.26. The number of benzene rings is 1. The van der Waals surface area contributed by atoms with Gasteiger partial charge in [0.1, 0.15) is 5.82 Å². The van der Waals surface area contributed by atoms with Crippen LogP contribution >= 0.6 is 11.3 Å². The van der Waals surface area contributed by atoms with Gasteiger partial charge in [0.05, 0.1) is 16.3 Å². The van der Waals surface area contributed by atoms with Gasteiger partial charge in [0.25, 0.3) is 5.91 Å². The molecule has 2 aromatic heterocycles. The molecule has 6 nitrogen and oxygen atoms in total. The molecule has 8 heteroatoms. The minimum atomic E-state index is -0.413. The number of fused-ring (bicyclic) bond motifs is 1. The summed E-state index contributed by atoms with van der Waals surface area (Å²) in [6.07, 6.45) is 2.28. The van der Waals surface area contributed by atoms with Gasteiger partial charge in [-0.3, -0.25) is 4.79 Å². The fourth-order valence-corrected chi connectivity index (χ4v) is 3.57. The number of carbonyl (C=O) groups is 1. The Hall–Kier alpha value is -2.74. The summed E-state index contributed by atoms with van der Waals surface area (Å²) < 4.78 is 14.5. The van der Waals surface area contributed by atoms with E-state index >= 15 is 0 Å². The van der Waals surface area contributed by atoms with Crippen molar-refractivity contribution in [3.05, 3.63) is 35.5 Å². The molecule has 1 amide bonds. The number of pyridine rings is 1. The number of carbonyl (C=O) groups excluding carboxylic acids is 1. The first-order chi connectivity index (χ1) is 11.9. The molecule has 0 radical (unpaired) electrons. The summed E-state index contributed by atoms with van der Waals surface area (Å²) in [7, 11) is 0. The van der Waals surface area contributed by atoms with E-state index in [0.717, 1.165) is 6.42 Å². The van der Waals surface area contributed by atoms with E-state index in [1.165, 1.54) is 23.6 Å². The van der Waals surface area contributed by atoms with Gasteiger partial charge >= 0.3 is 0 Å². The molecule has 2 heterocycles. The zero-order valence-electron chi connectivity index (χ0n) is 13.9. The maximum atomic E-state index is 14.5. The highest BCUT2D eigenvalue weighted by atomic mass is 32.1. The SMILES string of the molecule is CCCNC(=O)c1ncc2c(-c3sc(N)nc3C)c(F)ccc2c1N. The fourth-order valence-electron chi connectivity index (χ4n) is 2.67. The second-order valence-electron chi connectivity index (χ2n) is 5.63. The fraction of sp³-hybridized carbons (Fsp3) is 0.235. The third-order valence-electron chi connectivity index (χ3n) is 3.85. The van der Waals surface area contributed by atoms with E-state index < -0.39 is 5.82 Å². The summed E-state index contributed by atoms with van der Waals surface area (Å²) in [5, 5.41) is 4.20. The van der Waals surface area contributed by atoms with Crippen molar-refractivity contribution in [3.63, 3.8) is 0 Å². The Kier molecular flexibility index (Phi) is 4.54. The predicted molar refractivity (Wildman–Crippen MR) is 99.0 cm³/mol. The summed E-state index contributed by atoms with van der Waals surface area (Å²) in [4.78, 5) is 21.1. The van der Waals surface area contributed by atoms with Crippen molar-refractivity contribution in [1.29, 1.82) is 0 Å². The van der Waals surface area contributed by atoms with E-state index in [-0.39, 0.29) is 17.3 Å². The van der Waals surface area contributed by atoms with Gasteiger partial charge in [-0.25, -0.2) is 14.4 Å². The molecule has 0 aliphatic carbocycles. The third kappa shape index (κ3) is 3.00. The molecule has 0 aliphatic heterocycles. The number of thiazole rings is 1. The number of anilines is 2. The maximum absolute atomic E-state index is 14.5. The molecule has 0 unspecified atom stereocenters. The van der Waals surface area contributed by atoms with E-state index in [0.29, 0.717) is 38.6 Å². The van der Waals surface area contributed by atoms with Crippen molar-refractivity contribution >= 4 is 38.8 Å². The van der Waals surface area contributed by atoms with Gasteiger partial charge in [-0.15, -0.1) is 0 Å². The number of nitrogen functional groups attached to an aromatic ring is 2. The third-order valence-corrected chi connectivity index (χ3v) is 4.86. The molecule has 3 aromatic rings. The number of hydrogen-bond donors (Lipinski definition) is 3. The average Bonchev–Trinajstić information content (AvgIpc) is 2.90. The smallest absolute Gasteiger partial charge is 0.272 e. The number of nitrogens with zero attached hydrogens (tertiary/aromatic N) is 2. The minimum Gasteiger partial charge on any atom is -0.396 e. The number of nitrogens with one attached hydrogen (secondary N) is 1. The van der Waals surface area contributed by atoms with Gasteiger partial charge in [0.2, 0.25) is 0 Å². The van der Waals surface area contributed by atoms with Crippen LogP contribution in [0.15, 0.2) is 18.3 Å². The topological polar surface area (TPSA) is 107 Å². The van der Waals surface area contributed by atoms with Gasteiger partial charge in [-0.05, 0) is 25.5 Å². The minimum absolute atomic E-state index is 0.138. The van der Waals surface area contributed by atoms with Crippen LogP contribution in [0.3, 0.4) is 0 Å². The van der Waals surface area contributed by atoms with Gasteiger partial charge in [-0.2, -0.15) is 0 Å². The van der Waals surface area contributed by atoms with E-state index in [4.69, 9.17) is 11.5 Å². The van der Waals surface area contributed by atoms with Gasteiger partial charge in [0, 0.05) is 29.1 Å². The van der Waals surface area contributed by atoms with Crippen LogP contribution in [0.1, 0.15) is 29.5 Å². The molecule has 0 spiro atoms. The number of amides is 1. The lowest BCUT2D eigenvalue weighted by Crippen LogP contribution is -2.26. The van der Waals surface area contributed by atoms with Crippen molar-refractivity contribution in [2.75, 3.05) is 18.0 Å². The van der Waals surface area contributed by atoms with Crippen molar-refractivity contribution in [1.82, 2.24) is 15.3 Å². The largest absolute Gasteiger partial charge is 0.396 e. The normalized spacial score (nSPS) is 11.0. The highest BCUT2D eigenvalue weighted by molar-refractivity contribution is 7.19. The molecular weight excluding hydrogens is 341 g/mol. The van der Waals surface area contributed by atoms with E-state index in [1.54, 1.807) is 13.0 Å². The lowest BCUT2D eigenvalue weighted by molar-refractivity contribution is 0.0950. The second-order valence-corrected chi connectivity index (χ2v) is 6.66. The number of aryl methyl sites for hydroxylation is 1. The van der Waals surface area contributed by atoms with E-state index in [9.17, 15) is 9.18 Å². The summed E-state index contributed by atoms with van der Waals surface area (Å²) in [5.41, 5.74) is 13.2. The average molecular weight is 359 g/mol. The molecule has 0 fully saturated rings. The second kappa shape index (κ2) is 6.64. The van der Waals surface area contributed by atoms with Crippen LogP contribution in [0.25, 0.3) is 21.2 Å². The Bertz CT molecular complexity index is 969. The molecule has 0 bridgehead atoms. The Labute approximate surface area is 148 Å². The van der Waals surface area contributed by atoms with Crippen LogP contribution in [0.5, 0.6) is 0 Å². The van der Waals surface area contributed by atoms with Gasteiger partial charge in [0.15, 0.2) is 10.8 Å². The van der Waals surface area contributed by atoms with Crippen molar-refractivity contribution in [3.8, 4) is 10.4 Å². The first kappa shape index (κ1) is 17.1.